The molecule has 2 rings (SSSR count). The molecule has 2 aromatic carbocycles. The molecule has 7 heteroatoms. The van der Waals surface area contributed by atoms with Gasteiger partial charge in [0, 0.05) is 19.2 Å². The van der Waals surface area contributed by atoms with Crippen LogP contribution in [0.3, 0.4) is 0 Å². The number of aliphatic hydroxyl groups excluding tert-OH is 1. The van der Waals surface area contributed by atoms with Gasteiger partial charge in [-0.15, -0.1) is 0 Å². The van der Waals surface area contributed by atoms with Crippen LogP contribution >= 0.6 is 0 Å². The second-order valence-electron chi connectivity index (χ2n) is 5.89. The molecule has 0 radical (unpaired) electrons. The van der Waals surface area contributed by atoms with Gasteiger partial charge in [0.15, 0.2) is 0 Å². The maximum absolute atomic E-state index is 12.7. The molecule has 0 heterocycles. The first-order valence-electron chi connectivity index (χ1n) is 7.84. The summed E-state index contributed by atoms with van der Waals surface area (Å²) in [5.74, 6) is -0.323. The number of amides is 1. The molecular formula is C18H22N2O4S. The Hall–Kier alpha value is -2.38. The monoisotopic (exact) mass is 362 g/mol. The van der Waals surface area contributed by atoms with Crippen molar-refractivity contribution in [2.45, 2.75) is 24.8 Å². The van der Waals surface area contributed by atoms with Gasteiger partial charge >= 0.3 is 0 Å². The number of sulfonamides is 1. The Morgan fingerprint density at radius 3 is 2.20 bits per heavy atom. The first kappa shape index (κ1) is 19.0. The Morgan fingerprint density at radius 1 is 1.12 bits per heavy atom. The van der Waals surface area contributed by atoms with Crippen molar-refractivity contribution in [1.82, 2.24) is 5.32 Å². The Morgan fingerprint density at radius 2 is 1.68 bits per heavy atom. The lowest BCUT2D eigenvalue weighted by Crippen LogP contribution is -2.30. The quantitative estimate of drug-likeness (QED) is 0.822. The molecule has 0 aliphatic carbocycles. The Balaban J connectivity index is 2.18. The van der Waals surface area contributed by atoms with Crippen LogP contribution in [-0.2, 0) is 10.0 Å². The van der Waals surface area contributed by atoms with Crippen molar-refractivity contribution in [3.8, 4) is 0 Å². The van der Waals surface area contributed by atoms with E-state index in [9.17, 15) is 18.3 Å². The number of nitrogens with one attached hydrogen (secondary N) is 1. The standard InChI is InChI=1S/C18H22N2O4S/c1-13-4-10-17(11-5-13)25(23,24)20(3)16-8-6-15(7-9-16)18(22)19-12-14(2)21/h4-11,14,21H,12H2,1-3H3,(H,19,22). The predicted octanol–water partition coefficient (Wildman–Crippen LogP) is 1.93. The van der Waals surface area contributed by atoms with Crippen molar-refractivity contribution < 1.29 is 18.3 Å². The maximum Gasteiger partial charge on any atom is 0.264 e. The number of rotatable bonds is 6. The van der Waals surface area contributed by atoms with Crippen molar-refractivity contribution >= 4 is 21.6 Å². The maximum atomic E-state index is 12.7. The molecular weight excluding hydrogens is 340 g/mol. The van der Waals surface area contributed by atoms with Gasteiger partial charge in [-0.05, 0) is 50.2 Å². The SMILES string of the molecule is Cc1ccc(S(=O)(=O)N(C)c2ccc(C(=O)NCC(C)O)cc2)cc1. The first-order chi connectivity index (χ1) is 11.7. The fraction of sp³-hybridized carbons (Fsp3) is 0.278. The van der Waals surface area contributed by atoms with E-state index in [1.54, 1.807) is 55.5 Å². The highest BCUT2D eigenvalue weighted by Gasteiger charge is 2.21. The lowest BCUT2D eigenvalue weighted by Gasteiger charge is -2.20. The summed E-state index contributed by atoms with van der Waals surface area (Å²) in [7, 11) is -2.19. The lowest BCUT2D eigenvalue weighted by atomic mass is 10.2. The van der Waals surface area contributed by atoms with Crippen LogP contribution in [0.4, 0.5) is 5.69 Å². The molecule has 1 atom stereocenters. The third-order valence-electron chi connectivity index (χ3n) is 3.73. The van der Waals surface area contributed by atoms with Crippen LogP contribution in [0.15, 0.2) is 53.4 Å². The summed E-state index contributed by atoms with van der Waals surface area (Å²) in [5, 5.41) is 11.8. The van der Waals surface area contributed by atoms with E-state index >= 15 is 0 Å². The topological polar surface area (TPSA) is 86.7 Å². The summed E-state index contributed by atoms with van der Waals surface area (Å²) < 4.78 is 26.5. The molecule has 0 saturated heterocycles. The zero-order chi connectivity index (χ0) is 18.6. The van der Waals surface area contributed by atoms with Crippen molar-refractivity contribution in [1.29, 1.82) is 0 Å². The van der Waals surface area contributed by atoms with Gasteiger partial charge in [0.25, 0.3) is 15.9 Å². The number of nitrogens with zero attached hydrogens (tertiary/aromatic N) is 1. The van der Waals surface area contributed by atoms with E-state index in [2.05, 4.69) is 5.32 Å². The van der Waals surface area contributed by atoms with Crippen LogP contribution in [0.1, 0.15) is 22.8 Å². The fourth-order valence-electron chi connectivity index (χ4n) is 2.17. The van der Waals surface area contributed by atoms with E-state index in [-0.39, 0.29) is 17.3 Å². The number of hydrogen-bond acceptors (Lipinski definition) is 4. The molecule has 1 unspecified atom stereocenters. The molecule has 0 saturated carbocycles. The lowest BCUT2D eigenvalue weighted by molar-refractivity contribution is 0.0924. The summed E-state index contributed by atoms with van der Waals surface area (Å²) >= 11 is 0. The number of carbonyl (C=O) groups excluding carboxylic acids is 1. The third-order valence-corrected chi connectivity index (χ3v) is 5.53. The van der Waals surface area contributed by atoms with Crippen LogP contribution in [0.5, 0.6) is 0 Å². The summed E-state index contributed by atoms with van der Waals surface area (Å²) in [6.07, 6.45) is -0.631. The molecule has 0 fully saturated rings. The summed E-state index contributed by atoms with van der Waals surface area (Å²) in [5.41, 5.74) is 1.83. The number of carbonyl (C=O) groups is 1. The Bertz CT molecular complexity index is 828. The van der Waals surface area contributed by atoms with Crippen LogP contribution in [0, 0.1) is 6.92 Å². The summed E-state index contributed by atoms with van der Waals surface area (Å²) in [6, 6.07) is 12.9. The summed E-state index contributed by atoms with van der Waals surface area (Å²) in [6.45, 7) is 3.62. The zero-order valence-electron chi connectivity index (χ0n) is 14.4. The van der Waals surface area contributed by atoms with Gasteiger partial charge in [-0.3, -0.25) is 9.10 Å². The third kappa shape index (κ3) is 4.58. The number of hydrogen-bond donors (Lipinski definition) is 2. The minimum Gasteiger partial charge on any atom is -0.392 e. The Kier molecular flexibility index (Phi) is 5.81. The van der Waals surface area contributed by atoms with Gasteiger partial charge in [-0.25, -0.2) is 8.42 Å². The molecule has 6 nitrogen and oxygen atoms in total. The first-order valence-corrected chi connectivity index (χ1v) is 9.28. The van der Waals surface area contributed by atoms with Crippen molar-refractivity contribution in [2.24, 2.45) is 0 Å². The second kappa shape index (κ2) is 7.67. The van der Waals surface area contributed by atoms with Crippen LogP contribution in [0.2, 0.25) is 0 Å². The smallest absolute Gasteiger partial charge is 0.264 e. The molecule has 0 aliphatic rings. The van der Waals surface area contributed by atoms with E-state index in [4.69, 9.17) is 0 Å². The number of aliphatic hydroxyl groups is 1. The molecule has 0 spiro atoms. The molecule has 0 bridgehead atoms. The minimum absolute atomic E-state index is 0.155. The second-order valence-corrected chi connectivity index (χ2v) is 7.86. The molecule has 1 amide bonds. The normalized spacial score (nSPS) is 12.5. The van der Waals surface area contributed by atoms with E-state index < -0.39 is 16.1 Å². The molecule has 0 aromatic heterocycles. The van der Waals surface area contributed by atoms with Gasteiger partial charge in [0.05, 0.1) is 16.7 Å². The predicted molar refractivity (Wildman–Crippen MR) is 97.2 cm³/mol. The van der Waals surface area contributed by atoms with Gasteiger partial charge in [0.2, 0.25) is 0 Å². The summed E-state index contributed by atoms with van der Waals surface area (Å²) in [4.78, 5) is 12.1. The molecule has 2 N–H and O–H groups in total. The van der Waals surface area contributed by atoms with Gasteiger partial charge in [-0.2, -0.15) is 0 Å². The van der Waals surface area contributed by atoms with E-state index in [1.165, 1.54) is 11.4 Å². The Labute approximate surface area is 148 Å². The van der Waals surface area contributed by atoms with Crippen molar-refractivity contribution in [3.05, 3.63) is 59.7 Å². The van der Waals surface area contributed by atoms with Gasteiger partial charge in [0.1, 0.15) is 0 Å². The van der Waals surface area contributed by atoms with Crippen molar-refractivity contribution in [2.75, 3.05) is 17.9 Å². The molecule has 25 heavy (non-hydrogen) atoms. The molecule has 2 aromatic rings. The molecule has 0 aliphatic heterocycles. The van der Waals surface area contributed by atoms with E-state index in [0.29, 0.717) is 11.3 Å². The average molecular weight is 362 g/mol. The fourth-order valence-corrected chi connectivity index (χ4v) is 3.37. The highest BCUT2D eigenvalue weighted by Crippen LogP contribution is 2.22. The van der Waals surface area contributed by atoms with Crippen LogP contribution < -0.4 is 9.62 Å². The largest absolute Gasteiger partial charge is 0.392 e. The van der Waals surface area contributed by atoms with Crippen molar-refractivity contribution in [3.63, 3.8) is 0 Å². The molecule has 134 valence electrons. The van der Waals surface area contributed by atoms with E-state index in [0.717, 1.165) is 5.56 Å². The number of anilines is 1. The van der Waals surface area contributed by atoms with Gasteiger partial charge < -0.3 is 10.4 Å². The van der Waals surface area contributed by atoms with Crippen LogP contribution in [-0.4, -0.2) is 39.1 Å². The van der Waals surface area contributed by atoms with Crippen LogP contribution in [0.25, 0.3) is 0 Å². The van der Waals surface area contributed by atoms with Gasteiger partial charge in [-0.1, -0.05) is 17.7 Å². The number of aryl methyl sites for hydroxylation is 1. The zero-order valence-corrected chi connectivity index (χ0v) is 15.2. The average Bonchev–Trinajstić information content (AvgIpc) is 2.59. The minimum atomic E-state index is -3.66. The highest BCUT2D eigenvalue weighted by molar-refractivity contribution is 7.92. The highest BCUT2D eigenvalue weighted by atomic mass is 32.2. The number of benzene rings is 2. The van der Waals surface area contributed by atoms with E-state index in [1.807, 2.05) is 6.92 Å².